The standard InChI is InChI=1S/C22H38O4/c1-17(19-11-5-3-6-12-19)25-21(23)15-9-10-16-22(24)26-18(2)20-13-7-4-8-14-20/h17-20H,3-16H2,1-2H3. The maximum atomic E-state index is 12.0. The van der Waals surface area contributed by atoms with E-state index in [1.165, 1.54) is 64.2 Å². The summed E-state index contributed by atoms with van der Waals surface area (Å²) < 4.78 is 11.2. The van der Waals surface area contributed by atoms with Crippen molar-refractivity contribution in [1.82, 2.24) is 0 Å². The van der Waals surface area contributed by atoms with Crippen LogP contribution < -0.4 is 0 Å². The Morgan fingerprint density at radius 3 is 1.38 bits per heavy atom. The molecule has 2 unspecified atom stereocenters. The highest BCUT2D eigenvalue weighted by molar-refractivity contribution is 5.70. The predicted molar refractivity (Wildman–Crippen MR) is 103 cm³/mol. The third-order valence-corrected chi connectivity index (χ3v) is 6.27. The van der Waals surface area contributed by atoms with Gasteiger partial charge >= 0.3 is 11.9 Å². The summed E-state index contributed by atoms with van der Waals surface area (Å²) in [4.78, 5) is 24.0. The summed E-state index contributed by atoms with van der Waals surface area (Å²) in [6.45, 7) is 4.05. The smallest absolute Gasteiger partial charge is 0.306 e. The summed E-state index contributed by atoms with van der Waals surface area (Å²) in [5, 5.41) is 0. The molecule has 4 nitrogen and oxygen atoms in total. The summed E-state index contributed by atoms with van der Waals surface area (Å²) in [5.41, 5.74) is 0. The molecular weight excluding hydrogens is 328 g/mol. The van der Waals surface area contributed by atoms with Crippen LogP contribution in [0, 0.1) is 11.8 Å². The third kappa shape index (κ3) is 7.67. The molecule has 2 saturated carbocycles. The second kappa shape index (κ2) is 11.6. The van der Waals surface area contributed by atoms with Gasteiger partial charge in [-0.1, -0.05) is 38.5 Å². The molecule has 0 aromatic heterocycles. The Kier molecular flexibility index (Phi) is 9.49. The molecule has 2 atom stereocenters. The van der Waals surface area contributed by atoms with Crippen LogP contribution in [0.5, 0.6) is 0 Å². The average Bonchev–Trinajstić information content (AvgIpc) is 2.66. The first-order chi connectivity index (χ1) is 12.6. The van der Waals surface area contributed by atoms with Crippen LogP contribution >= 0.6 is 0 Å². The van der Waals surface area contributed by atoms with Gasteiger partial charge in [0, 0.05) is 12.8 Å². The number of hydrogen-bond acceptors (Lipinski definition) is 4. The number of carbonyl (C=O) groups excluding carboxylic acids is 2. The van der Waals surface area contributed by atoms with Gasteiger partial charge in [-0.05, 0) is 64.2 Å². The Balaban J connectivity index is 1.53. The van der Waals surface area contributed by atoms with Gasteiger partial charge in [-0.15, -0.1) is 0 Å². The summed E-state index contributed by atoms with van der Waals surface area (Å²) in [6, 6.07) is 0. The lowest BCUT2D eigenvalue weighted by molar-refractivity contribution is -0.153. The highest BCUT2D eigenvalue weighted by Gasteiger charge is 2.24. The molecular formula is C22H38O4. The minimum atomic E-state index is -0.119. The largest absolute Gasteiger partial charge is 0.462 e. The number of ether oxygens (including phenoxy) is 2. The minimum absolute atomic E-state index is 0.0316. The number of rotatable bonds is 9. The second-order valence-electron chi connectivity index (χ2n) is 8.39. The number of carbonyl (C=O) groups is 2. The Morgan fingerprint density at radius 1 is 0.692 bits per heavy atom. The zero-order valence-corrected chi connectivity index (χ0v) is 16.8. The average molecular weight is 367 g/mol. The van der Waals surface area contributed by atoms with Crippen LogP contribution in [-0.4, -0.2) is 24.1 Å². The lowest BCUT2D eigenvalue weighted by Crippen LogP contribution is -2.26. The maximum absolute atomic E-state index is 12.0. The van der Waals surface area contributed by atoms with Gasteiger partial charge in [0.1, 0.15) is 12.2 Å². The fraction of sp³-hybridized carbons (Fsp3) is 0.909. The topological polar surface area (TPSA) is 52.6 Å². The number of esters is 2. The van der Waals surface area contributed by atoms with Crippen LogP contribution in [0.1, 0.15) is 104 Å². The van der Waals surface area contributed by atoms with Gasteiger partial charge in [-0.3, -0.25) is 9.59 Å². The zero-order chi connectivity index (χ0) is 18.8. The van der Waals surface area contributed by atoms with Gasteiger partial charge in [0.25, 0.3) is 0 Å². The molecule has 4 heteroatoms. The van der Waals surface area contributed by atoms with Gasteiger partial charge < -0.3 is 9.47 Å². The van der Waals surface area contributed by atoms with Gasteiger partial charge in [0.05, 0.1) is 0 Å². The molecule has 0 aromatic rings. The van der Waals surface area contributed by atoms with Crippen LogP contribution in [0.4, 0.5) is 0 Å². The zero-order valence-electron chi connectivity index (χ0n) is 16.8. The first-order valence-electron chi connectivity index (χ1n) is 10.9. The fourth-order valence-corrected chi connectivity index (χ4v) is 4.47. The van der Waals surface area contributed by atoms with E-state index in [0.717, 1.165) is 0 Å². The Bertz CT molecular complexity index is 382. The first-order valence-corrected chi connectivity index (χ1v) is 10.9. The molecule has 2 rings (SSSR count). The van der Waals surface area contributed by atoms with Crippen LogP contribution in [0.15, 0.2) is 0 Å². The summed E-state index contributed by atoms with van der Waals surface area (Å²) in [6.07, 6.45) is 14.6. The van der Waals surface area contributed by atoms with Crippen molar-refractivity contribution in [3.05, 3.63) is 0 Å². The van der Waals surface area contributed by atoms with E-state index in [4.69, 9.17) is 9.47 Å². The van der Waals surface area contributed by atoms with Crippen LogP contribution in [-0.2, 0) is 19.1 Å². The Hall–Kier alpha value is -1.06. The number of hydrogen-bond donors (Lipinski definition) is 0. The fourth-order valence-electron chi connectivity index (χ4n) is 4.47. The first kappa shape index (κ1) is 21.2. The van der Waals surface area contributed by atoms with Crippen molar-refractivity contribution in [3.8, 4) is 0 Å². The van der Waals surface area contributed by atoms with Crippen molar-refractivity contribution in [1.29, 1.82) is 0 Å². The van der Waals surface area contributed by atoms with E-state index in [0.29, 0.717) is 37.5 Å². The van der Waals surface area contributed by atoms with Crippen molar-refractivity contribution < 1.29 is 19.1 Å². The molecule has 0 bridgehead atoms. The van der Waals surface area contributed by atoms with Gasteiger partial charge in [0.2, 0.25) is 0 Å². The van der Waals surface area contributed by atoms with Crippen molar-refractivity contribution in [2.75, 3.05) is 0 Å². The monoisotopic (exact) mass is 366 g/mol. The normalized spacial score (nSPS) is 21.8. The molecule has 0 N–H and O–H groups in total. The van der Waals surface area contributed by atoms with E-state index in [1.54, 1.807) is 0 Å². The summed E-state index contributed by atoms with van der Waals surface area (Å²) >= 11 is 0. The molecule has 0 heterocycles. The highest BCUT2D eigenvalue weighted by Crippen LogP contribution is 2.29. The van der Waals surface area contributed by atoms with Crippen LogP contribution in [0.2, 0.25) is 0 Å². The Morgan fingerprint density at radius 2 is 1.04 bits per heavy atom. The quantitative estimate of drug-likeness (QED) is 0.395. The van der Waals surface area contributed by atoms with E-state index in [-0.39, 0.29) is 24.1 Å². The highest BCUT2D eigenvalue weighted by atomic mass is 16.5. The molecule has 26 heavy (non-hydrogen) atoms. The molecule has 0 amide bonds. The van der Waals surface area contributed by atoms with E-state index < -0.39 is 0 Å². The molecule has 0 radical (unpaired) electrons. The SMILES string of the molecule is CC(OC(=O)CCCCC(=O)OC(C)C1CCCCC1)C1CCCCC1. The number of unbranched alkanes of at least 4 members (excludes halogenated alkanes) is 1. The van der Waals surface area contributed by atoms with E-state index in [2.05, 4.69) is 0 Å². The lowest BCUT2D eigenvalue weighted by atomic mass is 9.86. The predicted octanol–water partition coefficient (Wildman–Crippen LogP) is 5.57. The Labute approximate surface area is 159 Å². The summed E-state index contributed by atoms with van der Waals surface area (Å²) in [5.74, 6) is 0.826. The van der Waals surface area contributed by atoms with Gasteiger partial charge in [0.15, 0.2) is 0 Å². The van der Waals surface area contributed by atoms with Gasteiger partial charge in [-0.25, -0.2) is 0 Å². The maximum Gasteiger partial charge on any atom is 0.306 e. The van der Waals surface area contributed by atoms with Crippen LogP contribution in [0.25, 0.3) is 0 Å². The third-order valence-electron chi connectivity index (χ3n) is 6.27. The second-order valence-corrected chi connectivity index (χ2v) is 8.39. The molecule has 2 aliphatic carbocycles. The molecule has 0 aliphatic heterocycles. The minimum Gasteiger partial charge on any atom is -0.462 e. The van der Waals surface area contributed by atoms with E-state index in [1.807, 2.05) is 13.8 Å². The van der Waals surface area contributed by atoms with Crippen molar-refractivity contribution in [3.63, 3.8) is 0 Å². The molecule has 2 fully saturated rings. The van der Waals surface area contributed by atoms with E-state index in [9.17, 15) is 9.59 Å². The molecule has 0 aromatic carbocycles. The van der Waals surface area contributed by atoms with Crippen molar-refractivity contribution in [2.45, 2.75) is 116 Å². The molecule has 2 aliphatic rings. The van der Waals surface area contributed by atoms with Crippen molar-refractivity contribution in [2.24, 2.45) is 11.8 Å². The van der Waals surface area contributed by atoms with Crippen molar-refractivity contribution >= 4 is 11.9 Å². The molecule has 150 valence electrons. The molecule has 0 spiro atoms. The van der Waals surface area contributed by atoms with E-state index >= 15 is 0 Å². The summed E-state index contributed by atoms with van der Waals surface area (Å²) in [7, 11) is 0. The molecule has 0 saturated heterocycles. The van der Waals surface area contributed by atoms with Gasteiger partial charge in [-0.2, -0.15) is 0 Å². The lowest BCUT2D eigenvalue weighted by Gasteiger charge is -2.27. The van der Waals surface area contributed by atoms with Crippen LogP contribution in [0.3, 0.4) is 0 Å².